The van der Waals surface area contributed by atoms with Crippen molar-refractivity contribution in [3.63, 3.8) is 0 Å². The third-order valence-corrected chi connectivity index (χ3v) is 2.53. The van der Waals surface area contributed by atoms with Gasteiger partial charge in [-0.2, -0.15) is 0 Å². The number of carbonyl (C=O) groups excluding carboxylic acids is 1. The number of hydrogen-bond acceptors (Lipinski definition) is 7. The number of nitrogens with zero attached hydrogens (tertiary/aromatic N) is 2. The van der Waals surface area contributed by atoms with E-state index < -0.39 is 17.4 Å². The van der Waals surface area contributed by atoms with Crippen molar-refractivity contribution in [2.75, 3.05) is 11.2 Å². The van der Waals surface area contributed by atoms with Gasteiger partial charge in [0, 0.05) is 0 Å². The second kappa shape index (κ2) is 5.96. The van der Waals surface area contributed by atoms with E-state index in [1.165, 1.54) is 0 Å². The summed E-state index contributed by atoms with van der Waals surface area (Å²) >= 11 is 0.929. The van der Waals surface area contributed by atoms with Crippen molar-refractivity contribution in [2.24, 2.45) is 5.84 Å². The molecule has 100 valence electrons. The van der Waals surface area contributed by atoms with Gasteiger partial charge in [0.15, 0.2) is 5.82 Å². The highest BCUT2D eigenvalue weighted by atomic mass is 32.2. The van der Waals surface area contributed by atoms with Gasteiger partial charge in [0.05, 0.1) is 11.9 Å². The zero-order chi connectivity index (χ0) is 13.8. The maximum absolute atomic E-state index is 13.3. The molecule has 1 aromatic heterocycles. The van der Waals surface area contributed by atoms with Gasteiger partial charge in [-0.25, -0.2) is 20.2 Å². The van der Waals surface area contributed by atoms with E-state index in [9.17, 15) is 9.18 Å². The van der Waals surface area contributed by atoms with E-state index in [0.717, 1.165) is 18.0 Å². The third kappa shape index (κ3) is 4.84. The Kier molecular flexibility index (Phi) is 4.85. The summed E-state index contributed by atoms with van der Waals surface area (Å²) in [6, 6.07) is 0. The van der Waals surface area contributed by atoms with Crippen LogP contribution in [0.1, 0.15) is 20.8 Å². The topological polar surface area (TPSA) is 90.1 Å². The number of thioether (sulfide) groups is 1. The van der Waals surface area contributed by atoms with Crippen LogP contribution in [0.3, 0.4) is 0 Å². The molecule has 1 heterocycles. The Morgan fingerprint density at radius 1 is 1.61 bits per heavy atom. The Morgan fingerprint density at radius 2 is 2.28 bits per heavy atom. The number of aromatic nitrogens is 2. The molecule has 8 heteroatoms. The molecule has 0 aromatic carbocycles. The van der Waals surface area contributed by atoms with Crippen LogP contribution in [0.4, 0.5) is 10.3 Å². The van der Waals surface area contributed by atoms with Gasteiger partial charge in [-0.15, -0.1) is 0 Å². The van der Waals surface area contributed by atoms with E-state index in [4.69, 9.17) is 10.6 Å². The molecule has 0 bridgehead atoms. The van der Waals surface area contributed by atoms with Crippen LogP contribution >= 0.6 is 11.8 Å². The fourth-order valence-corrected chi connectivity index (χ4v) is 1.68. The van der Waals surface area contributed by atoms with Gasteiger partial charge < -0.3 is 4.74 Å². The second-order valence-electron chi connectivity index (χ2n) is 4.37. The number of hydrazine groups is 1. The predicted molar refractivity (Wildman–Crippen MR) is 66.4 cm³/mol. The number of hydrogen-bond donors (Lipinski definition) is 2. The first-order valence-electron chi connectivity index (χ1n) is 5.15. The van der Waals surface area contributed by atoms with Gasteiger partial charge in [0.2, 0.25) is 5.95 Å². The van der Waals surface area contributed by atoms with E-state index in [1.54, 1.807) is 20.8 Å². The van der Waals surface area contributed by atoms with Crippen LogP contribution in [-0.4, -0.2) is 27.3 Å². The van der Waals surface area contributed by atoms with Crippen molar-refractivity contribution in [1.29, 1.82) is 0 Å². The Morgan fingerprint density at radius 3 is 2.83 bits per heavy atom. The van der Waals surface area contributed by atoms with Crippen LogP contribution in [0.15, 0.2) is 11.2 Å². The molecule has 0 aliphatic carbocycles. The third-order valence-electron chi connectivity index (χ3n) is 1.59. The minimum absolute atomic E-state index is 0.0325. The lowest BCUT2D eigenvalue weighted by Gasteiger charge is -2.19. The van der Waals surface area contributed by atoms with Crippen molar-refractivity contribution in [1.82, 2.24) is 9.97 Å². The highest BCUT2D eigenvalue weighted by Crippen LogP contribution is 2.20. The minimum Gasteiger partial charge on any atom is -0.459 e. The largest absolute Gasteiger partial charge is 0.459 e. The summed E-state index contributed by atoms with van der Waals surface area (Å²) < 4.78 is 18.4. The summed E-state index contributed by atoms with van der Waals surface area (Å²) in [6.45, 7) is 5.28. The summed E-state index contributed by atoms with van der Waals surface area (Å²) in [6.07, 6.45) is 0.986. The molecule has 0 spiro atoms. The fourth-order valence-electron chi connectivity index (χ4n) is 1.02. The number of nitrogens with one attached hydrogen (secondary N) is 1. The number of rotatable bonds is 4. The predicted octanol–water partition coefficient (Wildman–Crippen LogP) is 1.34. The van der Waals surface area contributed by atoms with Gasteiger partial charge in [0.25, 0.3) is 0 Å². The monoisotopic (exact) mass is 274 g/mol. The standard InChI is InChI=1S/C10H15FN4O2S/c1-10(2,3)17-7(16)5-18-8-6(11)4-13-9(14-8)15-12/h4H,5,12H2,1-3H3,(H,13,14,15). The van der Waals surface area contributed by atoms with E-state index >= 15 is 0 Å². The van der Waals surface area contributed by atoms with Crippen LogP contribution in [-0.2, 0) is 9.53 Å². The normalized spacial score (nSPS) is 11.2. The van der Waals surface area contributed by atoms with Gasteiger partial charge in [-0.05, 0) is 20.8 Å². The van der Waals surface area contributed by atoms with Crippen LogP contribution < -0.4 is 11.3 Å². The summed E-state index contributed by atoms with van der Waals surface area (Å²) in [5.74, 6) is 4.12. The van der Waals surface area contributed by atoms with E-state index in [2.05, 4.69) is 15.4 Å². The summed E-state index contributed by atoms with van der Waals surface area (Å²) in [5, 5.41) is 0.0452. The number of nitrogens with two attached hydrogens (primary N) is 1. The molecule has 0 saturated heterocycles. The lowest BCUT2D eigenvalue weighted by Crippen LogP contribution is -2.25. The first-order chi connectivity index (χ1) is 8.31. The molecule has 0 radical (unpaired) electrons. The molecule has 18 heavy (non-hydrogen) atoms. The van der Waals surface area contributed by atoms with Gasteiger partial charge in [-0.3, -0.25) is 10.2 Å². The maximum atomic E-state index is 13.3. The van der Waals surface area contributed by atoms with Crippen molar-refractivity contribution < 1.29 is 13.9 Å². The molecule has 0 saturated carbocycles. The van der Waals surface area contributed by atoms with Crippen molar-refractivity contribution in [3.05, 3.63) is 12.0 Å². The molecule has 0 unspecified atom stereocenters. The highest BCUT2D eigenvalue weighted by Gasteiger charge is 2.17. The molecular weight excluding hydrogens is 259 g/mol. The van der Waals surface area contributed by atoms with Gasteiger partial charge in [-0.1, -0.05) is 11.8 Å². The molecule has 1 rings (SSSR count). The summed E-state index contributed by atoms with van der Waals surface area (Å²) in [5.41, 5.74) is 1.64. The average Bonchev–Trinajstić information content (AvgIpc) is 2.25. The van der Waals surface area contributed by atoms with E-state index in [1.807, 2.05) is 0 Å². The number of carbonyl (C=O) groups is 1. The number of esters is 1. The Labute approximate surface area is 108 Å². The molecule has 0 atom stereocenters. The Hall–Kier alpha value is -1.41. The van der Waals surface area contributed by atoms with Crippen LogP contribution in [0, 0.1) is 5.82 Å². The smallest absolute Gasteiger partial charge is 0.316 e. The number of anilines is 1. The molecule has 6 nitrogen and oxygen atoms in total. The second-order valence-corrected chi connectivity index (χ2v) is 5.33. The first kappa shape index (κ1) is 14.7. The highest BCUT2D eigenvalue weighted by molar-refractivity contribution is 7.99. The number of halogens is 1. The maximum Gasteiger partial charge on any atom is 0.316 e. The van der Waals surface area contributed by atoms with Crippen molar-refractivity contribution in [2.45, 2.75) is 31.4 Å². The lowest BCUT2D eigenvalue weighted by atomic mass is 10.2. The summed E-state index contributed by atoms with van der Waals surface area (Å²) in [4.78, 5) is 18.8. The molecule has 0 aliphatic rings. The molecule has 1 aromatic rings. The number of nitrogen functional groups attached to an aromatic ring is 1. The van der Waals surface area contributed by atoms with E-state index in [0.29, 0.717) is 0 Å². The first-order valence-corrected chi connectivity index (χ1v) is 6.14. The van der Waals surface area contributed by atoms with Gasteiger partial charge >= 0.3 is 5.97 Å². The minimum atomic E-state index is -0.609. The van der Waals surface area contributed by atoms with Crippen LogP contribution in [0.25, 0.3) is 0 Å². The fraction of sp³-hybridized carbons (Fsp3) is 0.500. The number of ether oxygens (including phenoxy) is 1. The average molecular weight is 274 g/mol. The lowest BCUT2D eigenvalue weighted by molar-refractivity contribution is -0.151. The molecule has 0 fully saturated rings. The van der Waals surface area contributed by atoms with Crippen LogP contribution in [0.2, 0.25) is 0 Å². The summed E-state index contributed by atoms with van der Waals surface area (Å²) in [7, 11) is 0. The molecular formula is C10H15FN4O2S. The van der Waals surface area contributed by atoms with E-state index in [-0.39, 0.29) is 16.7 Å². The molecule has 0 aliphatic heterocycles. The Bertz CT molecular complexity index is 436. The quantitative estimate of drug-likeness (QED) is 0.281. The van der Waals surface area contributed by atoms with Crippen molar-refractivity contribution >= 4 is 23.7 Å². The SMILES string of the molecule is CC(C)(C)OC(=O)CSc1nc(NN)ncc1F. The Balaban J connectivity index is 2.60. The zero-order valence-corrected chi connectivity index (χ0v) is 11.2. The zero-order valence-electron chi connectivity index (χ0n) is 10.4. The van der Waals surface area contributed by atoms with Crippen LogP contribution in [0.5, 0.6) is 0 Å². The van der Waals surface area contributed by atoms with Gasteiger partial charge in [0.1, 0.15) is 10.6 Å². The van der Waals surface area contributed by atoms with Crippen molar-refractivity contribution in [3.8, 4) is 0 Å². The molecule has 3 N–H and O–H groups in total. The molecule has 0 amide bonds.